The van der Waals surface area contributed by atoms with Gasteiger partial charge in [-0.3, -0.25) is 14.9 Å². The highest BCUT2D eigenvalue weighted by Crippen LogP contribution is 2.29. The van der Waals surface area contributed by atoms with Crippen molar-refractivity contribution in [3.8, 4) is 0 Å². The Kier molecular flexibility index (Phi) is 4.98. The first-order valence-electron chi connectivity index (χ1n) is 8.13. The van der Waals surface area contributed by atoms with Crippen LogP contribution in [0.1, 0.15) is 42.3 Å². The van der Waals surface area contributed by atoms with Crippen molar-refractivity contribution in [3.63, 3.8) is 0 Å². The third kappa shape index (κ3) is 3.96. The second-order valence-electron chi connectivity index (χ2n) is 6.13. The van der Waals surface area contributed by atoms with Crippen LogP contribution >= 0.6 is 11.3 Å². The molecule has 1 amide bonds. The summed E-state index contributed by atoms with van der Waals surface area (Å²) >= 11 is 1.18. The smallest absolute Gasteiger partial charge is 0.349 e. The molecule has 0 aliphatic heterocycles. The van der Waals surface area contributed by atoms with Gasteiger partial charge in [-0.25, -0.2) is 4.79 Å². The molecule has 132 valence electrons. The number of ether oxygens (including phenoxy) is 1. The van der Waals surface area contributed by atoms with Gasteiger partial charge in [-0.2, -0.15) is 0 Å². The third-order valence-corrected chi connectivity index (χ3v) is 5.36. The molecule has 0 unspecified atom stereocenters. The molecule has 1 aliphatic carbocycles. The highest BCUT2D eigenvalue weighted by Gasteiger charge is 2.24. The van der Waals surface area contributed by atoms with Crippen molar-refractivity contribution in [2.24, 2.45) is 0 Å². The van der Waals surface area contributed by atoms with Crippen LogP contribution in [0.3, 0.4) is 0 Å². The summed E-state index contributed by atoms with van der Waals surface area (Å²) in [5, 5.41) is 14.3. The van der Waals surface area contributed by atoms with E-state index >= 15 is 0 Å². The van der Waals surface area contributed by atoms with Crippen LogP contribution < -0.4 is 5.32 Å². The molecule has 1 fully saturated rings. The highest BCUT2D eigenvalue weighted by atomic mass is 32.1. The fourth-order valence-corrected chi connectivity index (χ4v) is 3.83. The average Bonchev–Trinajstić information content (AvgIpc) is 3.22. The number of hydrogen-bond acceptors (Lipinski definition) is 6. The minimum absolute atomic E-state index is 0.0328. The molecule has 1 saturated carbocycles. The summed E-state index contributed by atoms with van der Waals surface area (Å²) in [6.07, 6.45) is 3.25. The quantitative estimate of drug-likeness (QED) is 0.499. The van der Waals surface area contributed by atoms with Gasteiger partial charge in [0.1, 0.15) is 4.88 Å². The standard InChI is InChI=1S/C17H18N2O5S/c1-10(16(20)18-12-4-2-3-5-12)24-17(21)15-9-11-8-13(19(22)23)6-7-14(11)25-15/h6-10,12H,2-5H2,1H3,(H,18,20)/t10-/m0/s1. The van der Waals surface area contributed by atoms with E-state index in [1.807, 2.05) is 0 Å². The molecule has 0 bridgehead atoms. The van der Waals surface area contributed by atoms with Crippen molar-refractivity contribution >= 4 is 39.0 Å². The van der Waals surface area contributed by atoms with Crippen LogP contribution in [0.25, 0.3) is 10.1 Å². The normalized spacial score (nSPS) is 15.9. The molecule has 3 rings (SSSR count). The number of rotatable bonds is 5. The lowest BCUT2D eigenvalue weighted by Gasteiger charge is -2.16. The van der Waals surface area contributed by atoms with Gasteiger partial charge in [0.2, 0.25) is 0 Å². The Bertz CT molecular complexity index is 826. The van der Waals surface area contributed by atoms with E-state index in [-0.39, 0.29) is 17.6 Å². The molecular weight excluding hydrogens is 344 g/mol. The number of thiophene rings is 1. The lowest BCUT2D eigenvalue weighted by atomic mass is 10.2. The molecule has 1 aliphatic rings. The number of nitrogens with zero attached hydrogens (tertiary/aromatic N) is 1. The highest BCUT2D eigenvalue weighted by molar-refractivity contribution is 7.20. The van der Waals surface area contributed by atoms with E-state index in [1.54, 1.807) is 19.1 Å². The first-order chi connectivity index (χ1) is 11.9. The zero-order chi connectivity index (χ0) is 18.0. The van der Waals surface area contributed by atoms with Crippen molar-refractivity contribution in [2.75, 3.05) is 0 Å². The van der Waals surface area contributed by atoms with Gasteiger partial charge in [0, 0.05) is 28.3 Å². The molecule has 0 radical (unpaired) electrons. The van der Waals surface area contributed by atoms with E-state index in [2.05, 4.69) is 5.32 Å². The molecule has 1 atom stereocenters. The summed E-state index contributed by atoms with van der Waals surface area (Å²) in [6.45, 7) is 1.54. The summed E-state index contributed by atoms with van der Waals surface area (Å²) in [4.78, 5) is 35.0. The molecular formula is C17H18N2O5S. The number of esters is 1. The Hall–Kier alpha value is -2.48. The molecule has 1 aromatic heterocycles. The van der Waals surface area contributed by atoms with Crippen molar-refractivity contribution in [1.82, 2.24) is 5.32 Å². The van der Waals surface area contributed by atoms with Crippen LogP contribution in [0.2, 0.25) is 0 Å². The monoisotopic (exact) mass is 362 g/mol. The molecule has 7 nitrogen and oxygen atoms in total. The molecule has 1 aromatic carbocycles. The van der Waals surface area contributed by atoms with Crippen molar-refractivity contribution in [2.45, 2.75) is 44.8 Å². The van der Waals surface area contributed by atoms with Crippen LogP contribution in [0.15, 0.2) is 24.3 Å². The van der Waals surface area contributed by atoms with Gasteiger partial charge in [-0.15, -0.1) is 11.3 Å². The van der Waals surface area contributed by atoms with E-state index < -0.39 is 17.0 Å². The van der Waals surface area contributed by atoms with E-state index in [4.69, 9.17) is 4.74 Å². The number of carbonyl (C=O) groups excluding carboxylic acids is 2. The van der Waals surface area contributed by atoms with Gasteiger partial charge in [-0.05, 0) is 31.9 Å². The van der Waals surface area contributed by atoms with Crippen molar-refractivity contribution in [3.05, 3.63) is 39.3 Å². The van der Waals surface area contributed by atoms with Gasteiger partial charge in [-0.1, -0.05) is 12.8 Å². The fourth-order valence-electron chi connectivity index (χ4n) is 2.91. The number of nitro benzene ring substituents is 1. The number of hydrogen-bond donors (Lipinski definition) is 1. The van der Waals surface area contributed by atoms with Gasteiger partial charge in [0.25, 0.3) is 11.6 Å². The molecule has 8 heteroatoms. The zero-order valence-electron chi connectivity index (χ0n) is 13.7. The average molecular weight is 362 g/mol. The summed E-state index contributed by atoms with van der Waals surface area (Å²) in [5.41, 5.74) is -0.0328. The molecule has 1 N–H and O–H groups in total. The van der Waals surface area contributed by atoms with Crippen LogP contribution in [-0.4, -0.2) is 28.9 Å². The Balaban J connectivity index is 1.66. The van der Waals surface area contributed by atoms with Crippen LogP contribution in [0.4, 0.5) is 5.69 Å². The lowest BCUT2D eigenvalue weighted by molar-refractivity contribution is -0.384. The Morgan fingerprint density at radius 3 is 2.72 bits per heavy atom. The van der Waals surface area contributed by atoms with Crippen molar-refractivity contribution < 1.29 is 19.2 Å². The fraction of sp³-hybridized carbons (Fsp3) is 0.412. The Morgan fingerprint density at radius 1 is 1.32 bits per heavy atom. The van der Waals surface area contributed by atoms with E-state index in [0.29, 0.717) is 10.3 Å². The first kappa shape index (κ1) is 17.3. The van der Waals surface area contributed by atoms with Crippen LogP contribution in [-0.2, 0) is 9.53 Å². The van der Waals surface area contributed by atoms with Gasteiger partial charge in [0.05, 0.1) is 4.92 Å². The number of non-ortho nitro benzene ring substituents is 1. The maximum atomic E-state index is 12.3. The van der Waals surface area contributed by atoms with E-state index in [9.17, 15) is 19.7 Å². The molecule has 0 spiro atoms. The first-order valence-corrected chi connectivity index (χ1v) is 8.95. The summed E-state index contributed by atoms with van der Waals surface area (Å²) in [5.74, 6) is -0.894. The largest absolute Gasteiger partial charge is 0.448 e. The summed E-state index contributed by atoms with van der Waals surface area (Å²) in [6, 6.07) is 6.13. The Labute approximate surface area is 148 Å². The van der Waals surface area contributed by atoms with Gasteiger partial charge >= 0.3 is 5.97 Å². The molecule has 0 saturated heterocycles. The SMILES string of the molecule is C[C@H](OC(=O)c1cc2cc([N+](=O)[O-])ccc2s1)C(=O)NC1CCCC1. The number of carbonyl (C=O) groups is 2. The minimum atomic E-state index is -0.882. The molecule has 2 aromatic rings. The van der Waals surface area contributed by atoms with E-state index in [0.717, 1.165) is 30.4 Å². The number of fused-ring (bicyclic) bond motifs is 1. The third-order valence-electron chi connectivity index (χ3n) is 4.27. The predicted octanol–water partition coefficient (Wildman–Crippen LogP) is 3.41. The van der Waals surface area contributed by atoms with E-state index in [1.165, 1.54) is 23.5 Å². The maximum Gasteiger partial charge on any atom is 0.349 e. The predicted molar refractivity (Wildman–Crippen MR) is 93.8 cm³/mol. The summed E-state index contributed by atoms with van der Waals surface area (Å²) in [7, 11) is 0. The topological polar surface area (TPSA) is 98.5 Å². The maximum absolute atomic E-state index is 12.3. The van der Waals surface area contributed by atoms with Gasteiger partial charge < -0.3 is 10.1 Å². The lowest BCUT2D eigenvalue weighted by Crippen LogP contribution is -2.40. The summed E-state index contributed by atoms with van der Waals surface area (Å²) < 4.78 is 5.99. The van der Waals surface area contributed by atoms with Crippen LogP contribution in [0, 0.1) is 10.1 Å². The molecule has 1 heterocycles. The number of nitro groups is 1. The molecule has 25 heavy (non-hydrogen) atoms. The van der Waals surface area contributed by atoms with Crippen molar-refractivity contribution in [1.29, 1.82) is 0 Å². The zero-order valence-corrected chi connectivity index (χ0v) is 14.5. The van der Waals surface area contributed by atoms with Crippen LogP contribution in [0.5, 0.6) is 0 Å². The second-order valence-corrected chi connectivity index (χ2v) is 7.21. The van der Waals surface area contributed by atoms with Gasteiger partial charge in [0.15, 0.2) is 6.10 Å². The number of amides is 1. The second kappa shape index (κ2) is 7.18. The number of nitrogens with one attached hydrogen (secondary N) is 1. The Morgan fingerprint density at radius 2 is 2.04 bits per heavy atom. The number of benzene rings is 1. The minimum Gasteiger partial charge on any atom is -0.448 e.